The van der Waals surface area contributed by atoms with Gasteiger partial charge in [0.25, 0.3) is 6.36 Å². The van der Waals surface area contributed by atoms with E-state index in [-0.39, 0.29) is 24.4 Å². The Morgan fingerprint density at radius 3 is 2.43 bits per heavy atom. The van der Waals surface area contributed by atoms with Gasteiger partial charge in [-0.3, -0.25) is 4.79 Å². The van der Waals surface area contributed by atoms with E-state index >= 15 is 0 Å². The molecular weight excluding hydrogens is 489 g/mol. The van der Waals surface area contributed by atoms with Crippen LogP contribution in [0, 0.1) is 5.82 Å². The molecule has 0 aliphatic carbocycles. The average Bonchev–Trinajstić information content (AvgIpc) is 2.79. The number of carbonyl (C=O) groups is 2. The van der Waals surface area contributed by atoms with Crippen LogP contribution in [0.5, 0.6) is 5.75 Å². The van der Waals surface area contributed by atoms with Crippen LogP contribution in [-0.4, -0.2) is 53.7 Å². The quantitative estimate of drug-likeness (QED) is 0.582. The molecule has 3 atom stereocenters. The average molecular weight is 508 g/mol. The van der Waals surface area contributed by atoms with Gasteiger partial charge in [0.2, 0.25) is 5.91 Å². The van der Waals surface area contributed by atoms with E-state index in [9.17, 15) is 40.3 Å². The molecule has 2 heterocycles. The Balaban J connectivity index is 1.96. The molecule has 1 fully saturated rings. The van der Waals surface area contributed by atoms with Crippen molar-refractivity contribution in [2.45, 2.75) is 38.0 Å². The van der Waals surface area contributed by atoms with Gasteiger partial charge in [-0.15, -0.1) is 0 Å². The largest absolute Gasteiger partial charge is 0.454 e. The molecule has 35 heavy (non-hydrogen) atoms. The summed E-state index contributed by atoms with van der Waals surface area (Å²) >= 11 is 0. The van der Waals surface area contributed by atoms with E-state index in [1.165, 1.54) is 19.1 Å². The highest BCUT2D eigenvalue weighted by Gasteiger charge is 2.38. The number of aromatic nitrogens is 1. The summed E-state index contributed by atoms with van der Waals surface area (Å²) in [7, 11) is 0. The number of pyridine rings is 1. The maximum Gasteiger partial charge on any atom is 0.436 e. The molecule has 2 N–H and O–H groups in total. The van der Waals surface area contributed by atoms with Gasteiger partial charge in [-0.1, -0.05) is 12.1 Å². The van der Waals surface area contributed by atoms with Crippen LogP contribution in [-0.2, 0) is 11.0 Å². The predicted octanol–water partition coefficient (Wildman–Crippen LogP) is 3.80. The zero-order chi connectivity index (χ0) is 25.9. The van der Waals surface area contributed by atoms with Crippen molar-refractivity contribution in [3.05, 3.63) is 59.2 Å². The first-order valence-electron chi connectivity index (χ1n) is 10.2. The Labute approximate surface area is 194 Å². The molecule has 14 heteroatoms. The molecule has 1 aliphatic heterocycles. The van der Waals surface area contributed by atoms with E-state index < -0.39 is 60.2 Å². The lowest BCUT2D eigenvalue weighted by Gasteiger charge is -2.34. The lowest BCUT2D eigenvalue weighted by Crippen LogP contribution is -2.58. The molecule has 190 valence electrons. The van der Waals surface area contributed by atoms with Crippen molar-refractivity contribution >= 4 is 11.9 Å². The number of ether oxygens (including phenoxy) is 1. The third-order valence-corrected chi connectivity index (χ3v) is 5.12. The van der Waals surface area contributed by atoms with Gasteiger partial charge in [-0.2, -0.15) is 17.6 Å². The summed E-state index contributed by atoms with van der Waals surface area (Å²) in [4.78, 5) is 29.3. The highest BCUT2D eigenvalue weighted by atomic mass is 19.4. The van der Waals surface area contributed by atoms with Crippen LogP contribution in [0.2, 0.25) is 0 Å². The van der Waals surface area contributed by atoms with Crippen LogP contribution in [0.3, 0.4) is 0 Å². The Morgan fingerprint density at radius 1 is 1.17 bits per heavy atom. The van der Waals surface area contributed by atoms with Crippen LogP contribution < -0.4 is 15.4 Å². The molecule has 1 aromatic heterocycles. The highest BCUT2D eigenvalue weighted by Crippen LogP contribution is 2.32. The molecule has 1 aromatic carbocycles. The second-order valence-electron chi connectivity index (χ2n) is 7.48. The fourth-order valence-electron chi connectivity index (χ4n) is 3.33. The van der Waals surface area contributed by atoms with Gasteiger partial charge in [0.05, 0.1) is 11.7 Å². The summed E-state index contributed by atoms with van der Waals surface area (Å²) in [5.41, 5.74) is -2.11. The van der Waals surface area contributed by atoms with E-state index in [1.807, 2.05) is 0 Å². The number of carbonyl (C=O) groups excluding carboxylic acids is 2. The number of hydrogen-bond donors (Lipinski definition) is 2. The number of halogens is 7. The second-order valence-corrected chi connectivity index (χ2v) is 7.48. The first-order chi connectivity index (χ1) is 16.4. The maximum absolute atomic E-state index is 13.8. The Bertz CT molecular complexity index is 1070. The van der Waals surface area contributed by atoms with Crippen molar-refractivity contribution in [1.29, 1.82) is 0 Å². The van der Waals surface area contributed by atoms with Crippen molar-refractivity contribution in [3.63, 3.8) is 0 Å². The summed E-state index contributed by atoms with van der Waals surface area (Å²) in [6, 6.07) is 2.87. The van der Waals surface area contributed by atoms with Gasteiger partial charge in [0, 0.05) is 13.1 Å². The third-order valence-electron chi connectivity index (χ3n) is 5.12. The van der Waals surface area contributed by atoms with E-state index in [0.717, 1.165) is 23.1 Å². The zero-order valence-electron chi connectivity index (χ0n) is 18.0. The molecule has 0 spiro atoms. The van der Waals surface area contributed by atoms with Gasteiger partial charge >= 0.3 is 18.6 Å². The smallest absolute Gasteiger partial charge is 0.436 e. The number of alkyl halides is 6. The van der Waals surface area contributed by atoms with Crippen LogP contribution in [0.4, 0.5) is 35.5 Å². The van der Waals surface area contributed by atoms with Crippen LogP contribution in [0.15, 0.2) is 36.4 Å². The van der Waals surface area contributed by atoms with E-state index in [4.69, 9.17) is 0 Å². The van der Waals surface area contributed by atoms with Crippen LogP contribution in [0.25, 0.3) is 0 Å². The molecule has 2 aromatic rings. The number of piperazine rings is 1. The van der Waals surface area contributed by atoms with Gasteiger partial charge in [-0.25, -0.2) is 22.9 Å². The minimum atomic E-state index is -5.13. The molecule has 1 aliphatic rings. The zero-order valence-corrected chi connectivity index (χ0v) is 18.0. The Hall–Kier alpha value is -3.58. The topological polar surface area (TPSA) is 83.6 Å². The third kappa shape index (κ3) is 6.11. The molecule has 7 nitrogen and oxygen atoms in total. The fourth-order valence-corrected chi connectivity index (χ4v) is 3.33. The molecule has 1 unspecified atom stereocenters. The number of urea groups is 1. The number of nitrogens with one attached hydrogen (secondary N) is 2. The highest BCUT2D eigenvalue weighted by molar-refractivity contribution is 5.88. The maximum atomic E-state index is 13.8. The molecular formula is C21H19F7N4O3. The number of benzene rings is 1. The SMILES string of the molecule is C[C@@H]1C(=O)NCCN1C(=O)N[C@H](c1ccc(OC(F)C(F)F)cc1)c1ccc(F)c(C(F)(F)F)n1. The summed E-state index contributed by atoms with van der Waals surface area (Å²) in [6.45, 7) is 1.70. The molecule has 0 bridgehead atoms. The number of nitrogens with zero attached hydrogens (tertiary/aromatic N) is 2. The van der Waals surface area contributed by atoms with Crippen molar-refractivity contribution < 1.29 is 45.1 Å². The predicted molar refractivity (Wildman–Crippen MR) is 107 cm³/mol. The van der Waals surface area contributed by atoms with Crippen molar-refractivity contribution in [3.8, 4) is 5.75 Å². The molecule has 3 rings (SSSR count). The Morgan fingerprint density at radius 2 is 1.83 bits per heavy atom. The van der Waals surface area contributed by atoms with Gasteiger partial charge in [-0.05, 0) is 36.8 Å². The van der Waals surface area contributed by atoms with Gasteiger partial charge in [0.1, 0.15) is 11.8 Å². The number of rotatable bonds is 6. The number of amides is 3. The monoisotopic (exact) mass is 508 g/mol. The molecule has 1 saturated heterocycles. The lowest BCUT2D eigenvalue weighted by atomic mass is 10.0. The molecule has 0 saturated carbocycles. The minimum Gasteiger partial charge on any atom is -0.454 e. The van der Waals surface area contributed by atoms with Crippen molar-refractivity contribution in [2.24, 2.45) is 0 Å². The van der Waals surface area contributed by atoms with Crippen LogP contribution in [0.1, 0.15) is 29.9 Å². The molecule has 0 radical (unpaired) electrons. The van der Waals surface area contributed by atoms with Gasteiger partial charge < -0.3 is 20.3 Å². The summed E-state index contributed by atoms with van der Waals surface area (Å²) < 4.78 is 95.8. The summed E-state index contributed by atoms with van der Waals surface area (Å²) in [5.74, 6) is -2.38. The fraction of sp³-hybridized carbons (Fsp3) is 0.381. The summed E-state index contributed by atoms with van der Waals surface area (Å²) in [6.07, 6.45) is -11.4. The normalized spacial score (nSPS) is 18.1. The lowest BCUT2D eigenvalue weighted by molar-refractivity contribution is -0.143. The van der Waals surface area contributed by atoms with E-state index in [2.05, 4.69) is 20.4 Å². The standard InChI is InChI=1S/C21H19F7N4O3/c1-10-19(33)29-8-9-32(10)20(34)31-15(14-7-6-13(22)16(30-14)21(26,27)28)11-2-4-12(5-3-11)35-18(25)17(23)24/h2-7,10,15,17-18H,8-9H2,1H3,(H,29,33)(H,31,34)/t10-,15-,18?/m1/s1. The first-order valence-corrected chi connectivity index (χ1v) is 10.2. The second kappa shape index (κ2) is 10.4. The van der Waals surface area contributed by atoms with Crippen molar-refractivity contribution in [1.82, 2.24) is 20.5 Å². The van der Waals surface area contributed by atoms with E-state index in [0.29, 0.717) is 6.07 Å². The minimum absolute atomic E-state index is 0.0968. The number of hydrogen-bond acceptors (Lipinski definition) is 4. The van der Waals surface area contributed by atoms with E-state index in [1.54, 1.807) is 0 Å². The van der Waals surface area contributed by atoms with Crippen LogP contribution >= 0.6 is 0 Å². The van der Waals surface area contributed by atoms with Gasteiger partial charge in [0.15, 0.2) is 11.5 Å². The first kappa shape index (κ1) is 26.0. The van der Waals surface area contributed by atoms with Crippen molar-refractivity contribution in [2.75, 3.05) is 13.1 Å². The summed E-state index contributed by atoms with van der Waals surface area (Å²) in [5, 5.41) is 5.02. The molecule has 3 amide bonds. The Kier molecular flexibility index (Phi) is 7.70.